The monoisotopic (exact) mass is 492 g/mol. The highest BCUT2D eigenvalue weighted by Crippen LogP contribution is 2.39. The summed E-state index contributed by atoms with van der Waals surface area (Å²) in [6.07, 6.45) is 1.47. The van der Waals surface area contributed by atoms with E-state index in [-0.39, 0.29) is 11.7 Å². The van der Waals surface area contributed by atoms with Crippen LogP contribution < -0.4 is 11.1 Å². The van der Waals surface area contributed by atoms with E-state index in [1.165, 1.54) is 6.38 Å². The van der Waals surface area contributed by atoms with Crippen molar-refractivity contribution in [3.63, 3.8) is 0 Å². The summed E-state index contributed by atoms with van der Waals surface area (Å²) in [6, 6.07) is 25.9. The summed E-state index contributed by atoms with van der Waals surface area (Å²) in [5.41, 5.74) is 9.39. The van der Waals surface area contributed by atoms with Crippen LogP contribution in [0.2, 0.25) is 0 Å². The molecule has 0 aliphatic carbocycles. The molecular formula is C28H33ClN4O2. The average molecular weight is 493 g/mol. The maximum atomic E-state index is 10.9. The third kappa shape index (κ3) is 8.76. The van der Waals surface area contributed by atoms with E-state index < -0.39 is 0 Å². The van der Waals surface area contributed by atoms with Gasteiger partial charge in [0.2, 0.25) is 0 Å². The Morgan fingerprint density at radius 1 is 0.886 bits per heavy atom. The molecule has 6 nitrogen and oxygen atoms in total. The van der Waals surface area contributed by atoms with E-state index in [0.717, 1.165) is 16.6 Å². The number of anilines is 1. The number of carbonyl (C=O) groups excluding carboxylic acids is 1. The van der Waals surface area contributed by atoms with E-state index in [0.29, 0.717) is 22.3 Å². The number of benzene rings is 4. The molecule has 0 aliphatic heterocycles. The highest BCUT2D eigenvalue weighted by atomic mass is 35.5. The first-order chi connectivity index (χ1) is 17.0. The van der Waals surface area contributed by atoms with Crippen molar-refractivity contribution >= 4 is 45.3 Å². The number of azo groups is 1. The van der Waals surface area contributed by atoms with Gasteiger partial charge in [-0.25, -0.2) is 0 Å². The lowest BCUT2D eigenvalue weighted by Crippen LogP contribution is -2.17. The van der Waals surface area contributed by atoms with Crippen molar-refractivity contribution in [3.05, 3.63) is 96.1 Å². The molecule has 0 saturated carbocycles. The minimum atomic E-state index is -0.0411. The van der Waals surface area contributed by atoms with Gasteiger partial charge in [-0.05, 0) is 54.3 Å². The Morgan fingerprint density at radius 3 is 2.03 bits per heavy atom. The Hall–Kier alpha value is -3.90. The zero-order valence-corrected chi connectivity index (χ0v) is 21.5. The molecule has 0 saturated heterocycles. The van der Waals surface area contributed by atoms with E-state index in [1.807, 2.05) is 81.4 Å². The molecule has 4 N–H and O–H groups in total. The molecule has 0 spiro atoms. The molecule has 4 aromatic rings. The number of fused-ring (bicyclic) bond motifs is 1. The fourth-order valence-corrected chi connectivity index (χ4v) is 3.03. The first kappa shape index (κ1) is 29.1. The van der Waals surface area contributed by atoms with Gasteiger partial charge in [0.25, 0.3) is 5.91 Å². The molecular weight excluding hydrogens is 460 g/mol. The number of nitrogens with one attached hydrogen (secondary N) is 1. The van der Waals surface area contributed by atoms with Crippen LogP contribution in [0.4, 0.5) is 17.1 Å². The average Bonchev–Trinajstić information content (AvgIpc) is 2.91. The molecule has 4 aromatic carbocycles. The van der Waals surface area contributed by atoms with Gasteiger partial charge in [0.1, 0.15) is 11.4 Å². The van der Waals surface area contributed by atoms with Crippen molar-refractivity contribution in [3.8, 4) is 5.75 Å². The number of nitrogens with zero attached hydrogens (tertiary/aromatic N) is 2. The molecule has 7 heteroatoms. The summed E-state index contributed by atoms with van der Waals surface area (Å²) in [5.74, 6) is 0.125. The van der Waals surface area contributed by atoms with Gasteiger partial charge >= 0.3 is 0 Å². The Morgan fingerprint density at radius 2 is 1.46 bits per heavy atom. The van der Waals surface area contributed by atoms with E-state index >= 15 is 0 Å². The minimum Gasteiger partial charge on any atom is -0.507 e. The summed E-state index contributed by atoms with van der Waals surface area (Å²) in [7, 11) is 1.62. The van der Waals surface area contributed by atoms with Gasteiger partial charge < -0.3 is 16.2 Å². The van der Waals surface area contributed by atoms with Gasteiger partial charge in [-0.15, -0.1) is 16.7 Å². The predicted octanol–water partition coefficient (Wildman–Crippen LogP) is 7.78. The van der Waals surface area contributed by atoms with Crippen LogP contribution in [-0.4, -0.2) is 24.4 Å². The highest BCUT2D eigenvalue weighted by Gasteiger charge is 2.10. The number of carbonyl (C=O) groups is 1. The number of alkyl halides is 1. The van der Waals surface area contributed by atoms with Gasteiger partial charge in [0.15, 0.2) is 0 Å². The number of hydrogen-bond acceptors (Lipinski definition) is 5. The number of nitrogen functional groups attached to an aromatic ring is 1. The number of nitrogens with two attached hydrogens (primary N) is 1. The molecule has 1 amide bonds. The van der Waals surface area contributed by atoms with Gasteiger partial charge in [-0.2, -0.15) is 5.11 Å². The van der Waals surface area contributed by atoms with Crippen molar-refractivity contribution in [1.82, 2.24) is 5.32 Å². The van der Waals surface area contributed by atoms with Crippen molar-refractivity contribution in [2.75, 3.05) is 19.2 Å². The molecule has 0 bridgehead atoms. The zero-order chi connectivity index (χ0) is 26.2. The van der Waals surface area contributed by atoms with Crippen LogP contribution >= 0.6 is 11.6 Å². The number of rotatable bonds is 3. The summed E-state index contributed by atoms with van der Waals surface area (Å²) in [6.45, 7) is 5.93. The number of hydrogen-bond donors (Lipinski definition) is 3. The van der Waals surface area contributed by atoms with Crippen LogP contribution in [-0.2, 0) is 0 Å². The lowest BCUT2D eigenvalue weighted by Gasteiger charge is -2.08. The molecule has 0 atom stereocenters. The molecule has 35 heavy (non-hydrogen) atoms. The fourth-order valence-electron chi connectivity index (χ4n) is 3.03. The number of halogens is 1. The molecule has 4 rings (SSSR count). The Kier molecular flexibility index (Phi) is 13.2. The SMILES string of the molecule is CC.CCl.CNC(=O)c1ccccc1.Cc1cc(O)c2c(N=Nc3ccccc3)c(N)ccc2c1. The van der Waals surface area contributed by atoms with Crippen LogP contribution in [0.25, 0.3) is 10.8 Å². The van der Waals surface area contributed by atoms with Crippen LogP contribution in [0.5, 0.6) is 5.75 Å². The second-order valence-corrected chi connectivity index (χ2v) is 6.87. The van der Waals surface area contributed by atoms with Crippen LogP contribution in [0.1, 0.15) is 29.8 Å². The van der Waals surface area contributed by atoms with Gasteiger partial charge in [0.05, 0.1) is 16.8 Å². The Balaban J connectivity index is 0.000000368. The Bertz CT molecular complexity index is 1210. The van der Waals surface area contributed by atoms with E-state index in [1.54, 1.807) is 31.3 Å². The number of amides is 1. The first-order valence-electron chi connectivity index (χ1n) is 11.1. The third-order valence-corrected chi connectivity index (χ3v) is 4.53. The largest absolute Gasteiger partial charge is 0.507 e. The van der Waals surface area contributed by atoms with Crippen molar-refractivity contribution in [2.45, 2.75) is 20.8 Å². The van der Waals surface area contributed by atoms with Gasteiger partial charge in [0, 0.05) is 19.0 Å². The summed E-state index contributed by atoms with van der Waals surface area (Å²) >= 11 is 4.64. The number of phenols is 1. The molecule has 0 fully saturated rings. The third-order valence-electron chi connectivity index (χ3n) is 4.53. The zero-order valence-electron chi connectivity index (χ0n) is 20.8. The lowest BCUT2D eigenvalue weighted by molar-refractivity contribution is 0.0963. The standard InChI is InChI=1S/C17H15N3O.C8H9NO.C2H6.CH3Cl/c1-11-9-12-7-8-14(18)17(16(12)15(21)10-11)20-19-13-5-3-2-4-6-13;1-9-8(10)7-5-3-2-4-6-7;2*1-2/h2-10,21H,18H2,1H3;2-6H,1H3,(H,9,10);1-2H3;1H3. The molecule has 0 unspecified atom stereocenters. The molecule has 0 aromatic heterocycles. The van der Waals surface area contributed by atoms with E-state index in [9.17, 15) is 9.90 Å². The van der Waals surface area contributed by atoms with E-state index in [4.69, 9.17) is 5.73 Å². The summed E-state index contributed by atoms with van der Waals surface area (Å²) < 4.78 is 0. The van der Waals surface area contributed by atoms with Crippen LogP contribution in [0.15, 0.2) is 95.2 Å². The molecule has 0 heterocycles. The van der Waals surface area contributed by atoms with E-state index in [2.05, 4.69) is 27.1 Å². The van der Waals surface area contributed by atoms with Gasteiger partial charge in [-0.3, -0.25) is 4.79 Å². The quantitative estimate of drug-likeness (QED) is 0.154. The van der Waals surface area contributed by atoms with Crippen molar-refractivity contribution < 1.29 is 9.90 Å². The van der Waals surface area contributed by atoms with Gasteiger partial charge in [-0.1, -0.05) is 62.4 Å². The minimum absolute atomic E-state index is 0.0411. The second-order valence-electron chi connectivity index (χ2n) is 6.87. The maximum absolute atomic E-state index is 10.9. The van der Waals surface area contributed by atoms with Crippen LogP contribution in [0.3, 0.4) is 0 Å². The second kappa shape index (κ2) is 15.9. The topological polar surface area (TPSA) is 100 Å². The smallest absolute Gasteiger partial charge is 0.251 e. The van der Waals surface area contributed by atoms with Crippen molar-refractivity contribution in [1.29, 1.82) is 0 Å². The normalized spacial score (nSPS) is 9.66. The van der Waals surface area contributed by atoms with Crippen LogP contribution in [0, 0.1) is 6.92 Å². The molecule has 184 valence electrons. The maximum Gasteiger partial charge on any atom is 0.251 e. The highest BCUT2D eigenvalue weighted by molar-refractivity contribution is 6.15. The predicted molar refractivity (Wildman–Crippen MR) is 148 cm³/mol. The number of aryl methyl sites for hydroxylation is 1. The number of phenolic OH excluding ortho intramolecular Hbond substituents is 1. The lowest BCUT2D eigenvalue weighted by atomic mass is 10.0. The number of aromatic hydroxyl groups is 1. The summed E-state index contributed by atoms with van der Waals surface area (Å²) in [5, 5.41) is 22.7. The van der Waals surface area contributed by atoms with Crippen molar-refractivity contribution in [2.24, 2.45) is 10.2 Å². The first-order valence-corrected chi connectivity index (χ1v) is 11.9. The molecule has 0 radical (unpaired) electrons. The molecule has 0 aliphatic rings. The fraction of sp³-hybridized carbons (Fsp3) is 0.179. The Labute approximate surface area is 212 Å². The summed E-state index contributed by atoms with van der Waals surface area (Å²) in [4.78, 5) is 10.9.